The number of benzene rings is 1. The van der Waals surface area contributed by atoms with E-state index in [-0.39, 0.29) is 6.04 Å². The molecule has 0 bridgehead atoms. The van der Waals surface area contributed by atoms with Gasteiger partial charge in [0.05, 0.1) is 0 Å². The maximum Gasteiger partial charge on any atom is 0.338 e. The first-order chi connectivity index (χ1) is 8.65. The van der Waals surface area contributed by atoms with E-state index in [2.05, 4.69) is 10.2 Å². The van der Waals surface area contributed by atoms with Crippen molar-refractivity contribution >= 4 is 12.0 Å². The van der Waals surface area contributed by atoms with Gasteiger partial charge in [-0.25, -0.2) is 15.1 Å². The van der Waals surface area contributed by atoms with Gasteiger partial charge in [0.2, 0.25) is 0 Å². The number of carbonyl (C=O) groups is 2. The van der Waals surface area contributed by atoms with E-state index in [1.54, 1.807) is 0 Å². The number of nitrogens with one attached hydrogen (secondary N) is 2. The molecule has 1 aromatic carbocycles. The second-order valence-electron chi connectivity index (χ2n) is 4.13. The summed E-state index contributed by atoms with van der Waals surface area (Å²) in [6.45, 7) is -0.557. The van der Waals surface area contributed by atoms with Crippen LogP contribution in [-0.4, -0.2) is 29.8 Å². The molecule has 0 spiro atoms. The third-order valence-electron chi connectivity index (χ3n) is 2.75. The summed E-state index contributed by atoms with van der Waals surface area (Å²) in [5, 5.41) is 11.1. The maximum absolute atomic E-state index is 11.4. The number of carbonyl (C=O) groups excluding carboxylic acids is 1. The molecule has 1 aliphatic carbocycles. The van der Waals surface area contributed by atoms with E-state index in [9.17, 15) is 9.59 Å². The van der Waals surface area contributed by atoms with Crippen LogP contribution in [0, 0.1) is 0 Å². The minimum atomic E-state index is -1.14. The Kier molecular flexibility index (Phi) is 3.78. The highest BCUT2D eigenvalue weighted by Crippen LogP contribution is 2.21. The van der Waals surface area contributed by atoms with Gasteiger partial charge in [-0.3, -0.25) is 4.84 Å². The molecule has 0 atom stereocenters. The Morgan fingerprint density at radius 3 is 2.44 bits per heavy atom. The molecule has 96 valence electrons. The summed E-state index contributed by atoms with van der Waals surface area (Å²) in [4.78, 5) is 26.1. The van der Waals surface area contributed by atoms with Crippen molar-refractivity contribution in [2.45, 2.75) is 18.9 Å². The third-order valence-corrected chi connectivity index (χ3v) is 2.75. The van der Waals surface area contributed by atoms with Crippen molar-refractivity contribution in [3.8, 4) is 0 Å². The molecular weight excluding hydrogens is 236 g/mol. The van der Waals surface area contributed by atoms with Crippen LogP contribution in [0.4, 0.5) is 4.79 Å². The summed E-state index contributed by atoms with van der Waals surface area (Å²) in [6, 6.07) is 7.52. The van der Waals surface area contributed by atoms with Crippen LogP contribution < -0.4 is 10.8 Å². The molecule has 2 amide bonds. The van der Waals surface area contributed by atoms with Crippen LogP contribution in [0.2, 0.25) is 0 Å². The summed E-state index contributed by atoms with van der Waals surface area (Å²) in [7, 11) is 0. The molecule has 0 aromatic heterocycles. The fourth-order valence-corrected chi connectivity index (χ4v) is 2.04. The average Bonchev–Trinajstić information content (AvgIpc) is 2.70. The first-order valence-electron chi connectivity index (χ1n) is 5.62. The van der Waals surface area contributed by atoms with Crippen molar-refractivity contribution in [1.29, 1.82) is 0 Å². The summed E-state index contributed by atoms with van der Waals surface area (Å²) >= 11 is 0. The number of hydroxylamine groups is 1. The van der Waals surface area contributed by atoms with Crippen molar-refractivity contribution in [3.63, 3.8) is 0 Å². The lowest BCUT2D eigenvalue weighted by atomic mass is 10.1. The molecule has 0 radical (unpaired) electrons. The van der Waals surface area contributed by atoms with Crippen LogP contribution in [0.3, 0.4) is 0 Å². The minimum absolute atomic E-state index is 0.0239. The van der Waals surface area contributed by atoms with Gasteiger partial charge < -0.3 is 10.4 Å². The summed E-state index contributed by atoms with van der Waals surface area (Å²) in [6.07, 6.45) is 1.56. The lowest BCUT2D eigenvalue weighted by molar-refractivity contribution is -0.144. The van der Waals surface area contributed by atoms with Gasteiger partial charge in [-0.15, -0.1) is 0 Å². The quantitative estimate of drug-likeness (QED) is 0.678. The van der Waals surface area contributed by atoms with Crippen molar-refractivity contribution in [2.75, 3.05) is 6.61 Å². The molecule has 0 aliphatic heterocycles. The first kappa shape index (κ1) is 12.4. The van der Waals surface area contributed by atoms with Crippen molar-refractivity contribution in [1.82, 2.24) is 10.8 Å². The number of aliphatic carboxylic acids is 1. The van der Waals surface area contributed by atoms with Gasteiger partial charge >= 0.3 is 12.0 Å². The Labute approximate surface area is 104 Å². The maximum atomic E-state index is 11.4. The van der Waals surface area contributed by atoms with Gasteiger partial charge in [-0.05, 0) is 24.0 Å². The van der Waals surface area contributed by atoms with Crippen LogP contribution in [0.15, 0.2) is 24.3 Å². The Morgan fingerprint density at radius 2 is 1.89 bits per heavy atom. The van der Waals surface area contributed by atoms with Crippen LogP contribution in [0.25, 0.3) is 0 Å². The van der Waals surface area contributed by atoms with Crippen LogP contribution in [0.1, 0.15) is 11.1 Å². The van der Waals surface area contributed by atoms with Gasteiger partial charge in [-0.2, -0.15) is 0 Å². The fourth-order valence-electron chi connectivity index (χ4n) is 2.04. The van der Waals surface area contributed by atoms with E-state index >= 15 is 0 Å². The number of hydrogen-bond donors (Lipinski definition) is 3. The number of carboxylic acids is 1. The lowest BCUT2D eigenvalue weighted by Gasteiger charge is -2.12. The van der Waals surface area contributed by atoms with Crippen molar-refractivity contribution < 1.29 is 19.5 Å². The molecule has 1 aromatic rings. The van der Waals surface area contributed by atoms with Crippen molar-refractivity contribution in [2.24, 2.45) is 0 Å². The van der Waals surface area contributed by atoms with E-state index < -0.39 is 18.6 Å². The van der Waals surface area contributed by atoms with E-state index in [0.717, 1.165) is 12.8 Å². The molecule has 2 rings (SSSR count). The zero-order valence-corrected chi connectivity index (χ0v) is 9.68. The van der Waals surface area contributed by atoms with Gasteiger partial charge in [0, 0.05) is 6.04 Å². The molecule has 0 saturated carbocycles. The molecule has 6 heteroatoms. The molecule has 0 unspecified atom stereocenters. The van der Waals surface area contributed by atoms with Crippen LogP contribution >= 0.6 is 0 Å². The highest BCUT2D eigenvalue weighted by molar-refractivity contribution is 5.74. The first-order valence-corrected chi connectivity index (χ1v) is 5.62. The third kappa shape index (κ3) is 3.21. The normalized spacial score (nSPS) is 14.0. The smallest absolute Gasteiger partial charge is 0.338 e. The summed E-state index contributed by atoms with van der Waals surface area (Å²) in [5.74, 6) is -1.14. The highest BCUT2D eigenvalue weighted by Gasteiger charge is 2.22. The largest absolute Gasteiger partial charge is 0.479 e. The van der Waals surface area contributed by atoms with Crippen LogP contribution in [-0.2, 0) is 22.5 Å². The Hall–Kier alpha value is -2.08. The highest BCUT2D eigenvalue weighted by atomic mass is 16.7. The molecule has 18 heavy (non-hydrogen) atoms. The Bertz CT molecular complexity index is 436. The number of carboxylic acid groups (broad SMARTS) is 1. The Morgan fingerprint density at radius 1 is 1.28 bits per heavy atom. The fraction of sp³-hybridized carbons (Fsp3) is 0.333. The minimum Gasteiger partial charge on any atom is -0.479 e. The second-order valence-corrected chi connectivity index (χ2v) is 4.13. The van der Waals surface area contributed by atoms with Gasteiger partial charge in [-0.1, -0.05) is 24.3 Å². The second kappa shape index (κ2) is 5.50. The van der Waals surface area contributed by atoms with Crippen LogP contribution in [0.5, 0.6) is 0 Å². The Balaban J connectivity index is 1.76. The van der Waals surface area contributed by atoms with Crippen molar-refractivity contribution in [3.05, 3.63) is 35.4 Å². The van der Waals surface area contributed by atoms with Gasteiger partial charge in [0.25, 0.3) is 0 Å². The van der Waals surface area contributed by atoms with Gasteiger partial charge in [0.15, 0.2) is 6.61 Å². The molecule has 6 nitrogen and oxygen atoms in total. The monoisotopic (exact) mass is 250 g/mol. The number of amides is 2. The molecule has 0 saturated heterocycles. The predicted octanol–water partition coefficient (Wildman–Crippen LogP) is 0.469. The zero-order valence-electron chi connectivity index (χ0n) is 9.68. The summed E-state index contributed by atoms with van der Waals surface area (Å²) in [5.41, 5.74) is 4.50. The number of urea groups is 1. The summed E-state index contributed by atoms with van der Waals surface area (Å²) < 4.78 is 0. The molecule has 1 aliphatic rings. The molecular formula is C12H14N2O4. The SMILES string of the molecule is O=C(O)CONC(=O)NC1Cc2ccccc2C1. The predicted molar refractivity (Wildman–Crippen MR) is 62.9 cm³/mol. The number of hydrogen-bond acceptors (Lipinski definition) is 3. The molecule has 0 heterocycles. The van der Waals surface area contributed by atoms with E-state index in [1.165, 1.54) is 11.1 Å². The number of rotatable bonds is 4. The van der Waals surface area contributed by atoms with E-state index in [0.29, 0.717) is 0 Å². The average molecular weight is 250 g/mol. The lowest BCUT2D eigenvalue weighted by Crippen LogP contribution is -2.43. The number of fused-ring (bicyclic) bond motifs is 1. The standard InChI is InChI=1S/C12H14N2O4/c15-11(16)7-18-14-12(17)13-10-5-8-3-1-2-4-9(8)6-10/h1-4,10H,5-7H2,(H,15,16)(H2,13,14,17). The molecule has 3 N–H and O–H groups in total. The van der Waals surface area contributed by atoms with E-state index in [4.69, 9.17) is 5.11 Å². The molecule has 0 fully saturated rings. The zero-order chi connectivity index (χ0) is 13.0. The van der Waals surface area contributed by atoms with Gasteiger partial charge in [0.1, 0.15) is 0 Å². The van der Waals surface area contributed by atoms with E-state index in [1.807, 2.05) is 29.7 Å². The topological polar surface area (TPSA) is 87.7 Å².